The number of hydrogen-bond donors (Lipinski definition) is 2. The Morgan fingerprint density at radius 3 is 2.62 bits per heavy atom. The van der Waals surface area contributed by atoms with Crippen LogP contribution in [0.15, 0.2) is 43.0 Å². The number of benzene rings is 1. The van der Waals surface area contributed by atoms with E-state index < -0.39 is 11.9 Å². The Bertz CT molecular complexity index is 474. The van der Waals surface area contributed by atoms with Crippen LogP contribution in [0.4, 0.5) is 0 Å². The van der Waals surface area contributed by atoms with E-state index in [0.29, 0.717) is 19.6 Å². The second-order valence-electron chi connectivity index (χ2n) is 4.98. The normalized spacial score (nSPS) is 11.9. The van der Waals surface area contributed by atoms with Gasteiger partial charge in [0.05, 0.1) is 12.5 Å². The van der Waals surface area contributed by atoms with Gasteiger partial charge >= 0.3 is 5.97 Å². The molecule has 0 saturated carbocycles. The van der Waals surface area contributed by atoms with Crippen LogP contribution in [0.2, 0.25) is 0 Å². The van der Waals surface area contributed by atoms with Crippen molar-refractivity contribution in [2.45, 2.75) is 13.5 Å². The fourth-order valence-electron chi connectivity index (χ4n) is 1.91. The lowest BCUT2D eigenvalue weighted by atomic mass is 10.1. The number of aliphatic carboxylic acids is 1. The van der Waals surface area contributed by atoms with Crippen molar-refractivity contribution in [3.63, 3.8) is 0 Å². The van der Waals surface area contributed by atoms with Gasteiger partial charge in [-0.25, -0.2) is 0 Å². The van der Waals surface area contributed by atoms with Crippen molar-refractivity contribution >= 4 is 11.9 Å². The summed E-state index contributed by atoms with van der Waals surface area (Å²) in [4.78, 5) is 24.6. The summed E-state index contributed by atoms with van der Waals surface area (Å²) < 4.78 is 0. The van der Waals surface area contributed by atoms with Crippen molar-refractivity contribution in [2.24, 2.45) is 5.92 Å². The maximum Gasteiger partial charge on any atom is 0.307 e. The van der Waals surface area contributed by atoms with E-state index in [4.69, 9.17) is 5.11 Å². The minimum Gasteiger partial charge on any atom is -0.481 e. The number of carbonyl (C=O) groups is 2. The van der Waals surface area contributed by atoms with E-state index in [1.54, 1.807) is 17.9 Å². The molecule has 2 N–H and O–H groups in total. The topological polar surface area (TPSA) is 69.6 Å². The molecule has 0 heterocycles. The molecule has 0 saturated heterocycles. The molecule has 1 aromatic carbocycles. The number of amides is 1. The highest BCUT2D eigenvalue weighted by Crippen LogP contribution is 2.01. The van der Waals surface area contributed by atoms with Crippen molar-refractivity contribution in [3.05, 3.63) is 48.6 Å². The van der Waals surface area contributed by atoms with Crippen molar-refractivity contribution in [1.29, 1.82) is 0 Å². The Balaban J connectivity index is 2.44. The molecular weight excluding hydrogens is 268 g/mol. The Hall–Kier alpha value is -2.14. The summed E-state index contributed by atoms with van der Waals surface area (Å²) in [6, 6.07) is 9.63. The van der Waals surface area contributed by atoms with Gasteiger partial charge in [0.15, 0.2) is 0 Å². The van der Waals surface area contributed by atoms with E-state index in [-0.39, 0.29) is 12.5 Å². The highest BCUT2D eigenvalue weighted by atomic mass is 16.4. The molecule has 5 heteroatoms. The number of rotatable bonds is 9. The standard InChI is InChI=1S/C16H22N2O3/c1-3-9-18(11-13(2)16(20)21)12-15(19)17-10-14-7-5-4-6-8-14/h3-8,13H,1,9-12H2,2H3,(H,17,19)(H,20,21). The van der Waals surface area contributed by atoms with Gasteiger partial charge in [0.2, 0.25) is 5.91 Å². The van der Waals surface area contributed by atoms with Gasteiger partial charge in [0.25, 0.3) is 0 Å². The molecule has 0 aliphatic rings. The minimum absolute atomic E-state index is 0.127. The molecule has 0 fully saturated rings. The van der Waals surface area contributed by atoms with Crippen LogP contribution in [-0.2, 0) is 16.1 Å². The first-order valence-corrected chi connectivity index (χ1v) is 6.89. The van der Waals surface area contributed by atoms with Crippen LogP contribution in [0, 0.1) is 5.92 Å². The maximum atomic E-state index is 11.9. The molecular formula is C16H22N2O3. The molecule has 0 bridgehead atoms. The molecule has 1 unspecified atom stereocenters. The van der Waals surface area contributed by atoms with Crippen LogP contribution < -0.4 is 5.32 Å². The first-order chi connectivity index (χ1) is 10.0. The number of nitrogens with zero attached hydrogens (tertiary/aromatic N) is 1. The van der Waals surface area contributed by atoms with E-state index in [1.807, 2.05) is 30.3 Å². The monoisotopic (exact) mass is 290 g/mol. The quantitative estimate of drug-likeness (QED) is 0.676. The van der Waals surface area contributed by atoms with E-state index in [0.717, 1.165) is 5.56 Å². The summed E-state index contributed by atoms with van der Waals surface area (Å²) in [6.45, 7) is 6.69. The zero-order valence-corrected chi connectivity index (χ0v) is 12.3. The van der Waals surface area contributed by atoms with Crippen LogP contribution >= 0.6 is 0 Å². The average Bonchev–Trinajstić information content (AvgIpc) is 2.46. The average molecular weight is 290 g/mol. The van der Waals surface area contributed by atoms with Gasteiger partial charge in [-0.2, -0.15) is 0 Å². The number of carboxylic acids is 1. The fraction of sp³-hybridized carbons (Fsp3) is 0.375. The van der Waals surface area contributed by atoms with Crippen molar-refractivity contribution in [3.8, 4) is 0 Å². The first-order valence-electron chi connectivity index (χ1n) is 6.89. The molecule has 0 spiro atoms. The molecule has 0 radical (unpaired) electrons. The van der Waals surface area contributed by atoms with E-state index in [1.165, 1.54) is 0 Å². The highest BCUT2D eigenvalue weighted by molar-refractivity contribution is 5.78. The second kappa shape index (κ2) is 8.92. The third kappa shape index (κ3) is 6.72. The molecule has 1 atom stereocenters. The van der Waals surface area contributed by atoms with Crippen LogP contribution in [0.1, 0.15) is 12.5 Å². The Labute approximate surface area is 125 Å². The summed E-state index contributed by atoms with van der Waals surface area (Å²) >= 11 is 0. The van der Waals surface area contributed by atoms with Gasteiger partial charge in [-0.3, -0.25) is 14.5 Å². The summed E-state index contributed by atoms with van der Waals surface area (Å²) in [5.74, 6) is -1.51. The lowest BCUT2D eigenvalue weighted by Crippen LogP contribution is -2.40. The molecule has 114 valence electrons. The second-order valence-corrected chi connectivity index (χ2v) is 4.98. The predicted molar refractivity (Wildman–Crippen MR) is 81.7 cm³/mol. The van der Waals surface area contributed by atoms with Crippen molar-refractivity contribution < 1.29 is 14.7 Å². The van der Waals surface area contributed by atoms with Crippen LogP contribution in [0.3, 0.4) is 0 Å². The van der Waals surface area contributed by atoms with Crippen LogP contribution in [0.25, 0.3) is 0 Å². The third-order valence-electron chi connectivity index (χ3n) is 3.04. The molecule has 0 aliphatic carbocycles. The molecule has 1 rings (SSSR count). The predicted octanol–water partition coefficient (Wildman–Crippen LogP) is 1.51. The lowest BCUT2D eigenvalue weighted by Gasteiger charge is -2.22. The lowest BCUT2D eigenvalue weighted by molar-refractivity contribution is -0.142. The van der Waals surface area contributed by atoms with Gasteiger partial charge in [0.1, 0.15) is 0 Å². The smallest absolute Gasteiger partial charge is 0.307 e. The minimum atomic E-state index is -0.867. The highest BCUT2D eigenvalue weighted by Gasteiger charge is 2.17. The molecule has 21 heavy (non-hydrogen) atoms. The number of nitrogens with one attached hydrogen (secondary N) is 1. The van der Waals surface area contributed by atoms with Gasteiger partial charge in [-0.15, -0.1) is 6.58 Å². The molecule has 0 aliphatic heterocycles. The van der Waals surface area contributed by atoms with E-state index in [9.17, 15) is 9.59 Å². The van der Waals surface area contributed by atoms with Crippen LogP contribution in [0.5, 0.6) is 0 Å². The molecule has 1 amide bonds. The zero-order chi connectivity index (χ0) is 15.7. The fourth-order valence-corrected chi connectivity index (χ4v) is 1.91. The largest absolute Gasteiger partial charge is 0.481 e. The summed E-state index contributed by atoms with van der Waals surface area (Å²) in [5.41, 5.74) is 1.03. The zero-order valence-electron chi connectivity index (χ0n) is 12.3. The number of carbonyl (C=O) groups excluding carboxylic acids is 1. The first kappa shape index (κ1) is 16.9. The number of carboxylic acid groups (broad SMARTS) is 1. The Kier molecular flexibility index (Phi) is 7.18. The van der Waals surface area contributed by atoms with E-state index in [2.05, 4.69) is 11.9 Å². The van der Waals surface area contributed by atoms with Gasteiger partial charge in [-0.1, -0.05) is 43.3 Å². The van der Waals surface area contributed by atoms with Crippen LogP contribution in [-0.4, -0.2) is 41.5 Å². The molecule has 1 aromatic rings. The Morgan fingerprint density at radius 1 is 1.38 bits per heavy atom. The maximum absolute atomic E-state index is 11.9. The number of hydrogen-bond acceptors (Lipinski definition) is 3. The van der Waals surface area contributed by atoms with Crippen molar-refractivity contribution in [2.75, 3.05) is 19.6 Å². The van der Waals surface area contributed by atoms with Crippen molar-refractivity contribution in [1.82, 2.24) is 10.2 Å². The summed E-state index contributed by atoms with van der Waals surface area (Å²) in [6.07, 6.45) is 1.67. The Morgan fingerprint density at radius 2 is 2.05 bits per heavy atom. The van der Waals surface area contributed by atoms with Gasteiger partial charge < -0.3 is 10.4 Å². The molecule has 5 nitrogen and oxygen atoms in total. The van der Waals surface area contributed by atoms with E-state index >= 15 is 0 Å². The third-order valence-corrected chi connectivity index (χ3v) is 3.04. The summed E-state index contributed by atoms with van der Waals surface area (Å²) in [7, 11) is 0. The molecule has 0 aromatic heterocycles. The SMILES string of the molecule is C=CCN(CC(=O)NCc1ccccc1)CC(C)C(=O)O. The van der Waals surface area contributed by atoms with Gasteiger partial charge in [-0.05, 0) is 5.56 Å². The summed E-state index contributed by atoms with van der Waals surface area (Å²) in [5, 5.41) is 11.8. The van der Waals surface area contributed by atoms with Gasteiger partial charge in [0, 0.05) is 19.6 Å².